The van der Waals surface area contributed by atoms with Crippen LogP contribution < -0.4 is 18.9 Å². The van der Waals surface area contributed by atoms with Crippen molar-refractivity contribution in [1.29, 1.82) is 0 Å². The molecule has 0 amide bonds. The number of carbonyl (C=O) groups is 1. The van der Waals surface area contributed by atoms with Crippen LogP contribution >= 0.6 is 31.9 Å². The first-order valence-corrected chi connectivity index (χ1v) is 14.1. The van der Waals surface area contributed by atoms with E-state index in [2.05, 4.69) is 37.9 Å². The zero-order valence-electron chi connectivity index (χ0n) is 21.6. The summed E-state index contributed by atoms with van der Waals surface area (Å²) < 4.78 is 24.8. The quantitative estimate of drug-likeness (QED) is 0.156. The molecule has 202 valence electrons. The zero-order valence-corrected chi connectivity index (χ0v) is 24.8. The minimum atomic E-state index is -0.543. The van der Waals surface area contributed by atoms with Crippen LogP contribution in [-0.2, 0) is 0 Å². The average molecular weight is 664 g/mol. The van der Waals surface area contributed by atoms with Crippen LogP contribution in [0, 0.1) is 0 Å². The molecule has 2 aliphatic heterocycles. The molecule has 0 fully saturated rings. The lowest BCUT2D eigenvalue weighted by atomic mass is 9.96. The number of esters is 1. The Morgan fingerprint density at radius 1 is 0.950 bits per heavy atom. The monoisotopic (exact) mass is 662 g/mol. The fourth-order valence-corrected chi connectivity index (χ4v) is 5.86. The Labute approximate surface area is 248 Å². The number of benzene rings is 4. The van der Waals surface area contributed by atoms with Crippen LogP contribution in [-0.4, -0.2) is 30.9 Å². The summed E-state index contributed by atoms with van der Waals surface area (Å²) in [5.41, 5.74) is 4.26. The maximum atomic E-state index is 12.8. The van der Waals surface area contributed by atoms with Gasteiger partial charge in [0.2, 0.25) is 6.23 Å². The number of ether oxygens (including phenoxy) is 4. The van der Waals surface area contributed by atoms with Crippen molar-refractivity contribution in [2.75, 3.05) is 14.2 Å². The second-order valence-electron chi connectivity index (χ2n) is 9.32. The molecule has 2 heterocycles. The van der Waals surface area contributed by atoms with Gasteiger partial charge in [0.15, 0.2) is 11.5 Å². The lowest BCUT2D eigenvalue weighted by Crippen LogP contribution is -2.33. The number of rotatable bonds is 6. The maximum Gasteiger partial charge on any atom is 0.343 e. The van der Waals surface area contributed by atoms with Gasteiger partial charge in [-0.15, -0.1) is 0 Å². The van der Waals surface area contributed by atoms with E-state index in [1.807, 2.05) is 59.6 Å². The molecule has 0 saturated carbocycles. The van der Waals surface area contributed by atoms with E-state index in [1.165, 1.54) is 0 Å². The molecule has 4 aromatic carbocycles. The van der Waals surface area contributed by atoms with Crippen molar-refractivity contribution in [2.24, 2.45) is 5.10 Å². The summed E-state index contributed by atoms with van der Waals surface area (Å²) in [6.07, 6.45) is 0.166. The van der Waals surface area contributed by atoms with E-state index >= 15 is 0 Å². The normalized spacial score (nSPS) is 17.3. The smallest absolute Gasteiger partial charge is 0.343 e. The van der Waals surface area contributed by atoms with E-state index in [9.17, 15) is 4.79 Å². The van der Waals surface area contributed by atoms with Gasteiger partial charge in [-0.2, -0.15) is 5.10 Å². The Bertz CT molecular complexity index is 1610. The second kappa shape index (κ2) is 11.0. The molecule has 0 bridgehead atoms. The SMILES string of the molecule is COc1ccc(C2=NN3[C@H](C2)c2cc(Br)ccc2O[C@H]3c2cc(Br)c(OC(=O)c3ccccc3)c(OC)c2)cc1. The molecule has 0 radical (unpaired) electrons. The third-order valence-corrected chi connectivity index (χ3v) is 8.00. The number of methoxy groups -OCH3 is 2. The first kappa shape index (κ1) is 26.4. The second-order valence-corrected chi connectivity index (χ2v) is 11.1. The van der Waals surface area contributed by atoms with Crippen molar-refractivity contribution in [3.8, 4) is 23.0 Å². The van der Waals surface area contributed by atoms with Crippen molar-refractivity contribution >= 4 is 43.5 Å². The molecule has 2 aliphatic rings. The average Bonchev–Trinajstić information content (AvgIpc) is 3.44. The molecule has 7 nitrogen and oxygen atoms in total. The highest BCUT2D eigenvalue weighted by atomic mass is 79.9. The molecule has 6 rings (SSSR count). The Morgan fingerprint density at radius 3 is 2.45 bits per heavy atom. The number of fused-ring (bicyclic) bond motifs is 3. The van der Waals surface area contributed by atoms with Gasteiger partial charge in [0.05, 0.1) is 36.0 Å². The van der Waals surface area contributed by atoms with Crippen molar-refractivity contribution in [3.63, 3.8) is 0 Å². The number of hydrogen-bond acceptors (Lipinski definition) is 7. The predicted octanol–water partition coefficient (Wildman–Crippen LogP) is 7.69. The fourth-order valence-electron chi connectivity index (χ4n) is 4.94. The number of hydrazone groups is 1. The lowest BCUT2D eigenvalue weighted by molar-refractivity contribution is -0.0192. The molecule has 0 aromatic heterocycles. The van der Waals surface area contributed by atoms with Gasteiger partial charge in [-0.05, 0) is 88.2 Å². The van der Waals surface area contributed by atoms with Crippen LogP contribution in [0.2, 0.25) is 0 Å². The van der Waals surface area contributed by atoms with Crippen molar-refractivity contribution in [2.45, 2.75) is 18.7 Å². The molecule has 0 unspecified atom stereocenters. The van der Waals surface area contributed by atoms with Gasteiger partial charge in [0.25, 0.3) is 0 Å². The molecular formula is C31H24Br2N2O5. The maximum absolute atomic E-state index is 12.8. The molecule has 40 heavy (non-hydrogen) atoms. The van der Waals surface area contributed by atoms with Gasteiger partial charge < -0.3 is 18.9 Å². The van der Waals surface area contributed by atoms with E-state index < -0.39 is 12.2 Å². The van der Waals surface area contributed by atoms with Crippen molar-refractivity contribution in [1.82, 2.24) is 5.01 Å². The number of carbonyl (C=O) groups excluding carboxylic acids is 1. The van der Waals surface area contributed by atoms with Crippen LogP contribution in [0.25, 0.3) is 0 Å². The van der Waals surface area contributed by atoms with E-state index in [4.69, 9.17) is 24.0 Å². The first-order valence-electron chi connectivity index (χ1n) is 12.6. The highest BCUT2D eigenvalue weighted by Crippen LogP contribution is 2.50. The summed E-state index contributed by atoms with van der Waals surface area (Å²) >= 11 is 7.20. The fraction of sp³-hybridized carbons (Fsp3) is 0.161. The summed E-state index contributed by atoms with van der Waals surface area (Å²) in [7, 11) is 3.19. The summed E-state index contributed by atoms with van der Waals surface area (Å²) in [5.74, 6) is 1.79. The van der Waals surface area contributed by atoms with E-state index in [0.717, 1.165) is 38.4 Å². The largest absolute Gasteiger partial charge is 0.497 e. The Hall–Kier alpha value is -3.82. The van der Waals surface area contributed by atoms with Gasteiger partial charge in [-0.3, -0.25) is 0 Å². The number of hydrogen-bond donors (Lipinski definition) is 0. The third kappa shape index (κ3) is 4.95. The highest BCUT2D eigenvalue weighted by Gasteiger charge is 2.41. The minimum absolute atomic E-state index is 0.0382. The van der Waals surface area contributed by atoms with E-state index in [1.54, 1.807) is 38.5 Å². The van der Waals surface area contributed by atoms with Gasteiger partial charge in [0.1, 0.15) is 11.5 Å². The molecule has 2 atom stereocenters. The van der Waals surface area contributed by atoms with Crippen LogP contribution in [0.3, 0.4) is 0 Å². The third-order valence-electron chi connectivity index (χ3n) is 6.92. The van der Waals surface area contributed by atoms with Crippen LogP contribution in [0.5, 0.6) is 23.0 Å². The Kier molecular flexibility index (Phi) is 7.25. The van der Waals surface area contributed by atoms with Crippen LogP contribution in [0.15, 0.2) is 99.0 Å². The molecule has 0 aliphatic carbocycles. The van der Waals surface area contributed by atoms with E-state index in [-0.39, 0.29) is 6.04 Å². The van der Waals surface area contributed by atoms with Gasteiger partial charge in [0, 0.05) is 22.0 Å². The topological polar surface area (TPSA) is 69.6 Å². The summed E-state index contributed by atoms with van der Waals surface area (Å²) in [6, 6.07) is 26.4. The summed E-state index contributed by atoms with van der Waals surface area (Å²) in [6.45, 7) is 0. The Balaban J connectivity index is 1.38. The molecule has 9 heteroatoms. The highest BCUT2D eigenvalue weighted by molar-refractivity contribution is 9.10. The van der Waals surface area contributed by atoms with Crippen LogP contribution in [0.4, 0.5) is 0 Å². The molecule has 0 spiro atoms. The molecule has 4 aromatic rings. The number of nitrogens with zero attached hydrogens (tertiary/aromatic N) is 2. The molecular weight excluding hydrogens is 640 g/mol. The lowest BCUT2D eigenvalue weighted by Gasteiger charge is -2.38. The predicted molar refractivity (Wildman–Crippen MR) is 158 cm³/mol. The van der Waals surface area contributed by atoms with Crippen molar-refractivity contribution < 1.29 is 23.7 Å². The molecule has 0 N–H and O–H groups in total. The Morgan fingerprint density at radius 2 is 1.73 bits per heavy atom. The van der Waals surface area contributed by atoms with Gasteiger partial charge >= 0.3 is 5.97 Å². The van der Waals surface area contributed by atoms with Gasteiger partial charge in [-0.25, -0.2) is 9.80 Å². The standard InChI is InChI=1S/C31H24Br2N2O5/c1-37-22-11-8-18(9-12-22)25-17-26-23-16-21(32)10-13-27(23)39-30(35(26)34-25)20-14-24(33)29(28(15-20)38-2)40-31(36)19-6-4-3-5-7-19/h3-16,26,30H,17H2,1-2H3/t26-,30+/m1/s1. The van der Waals surface area contributed by atoms with Gasteiger partial charge in [-0.1, -0.05) is 34.1 Å². The molecule has 0 saturated heterocycles. The van der Waals surface area contributed by atoms with E-state index in [0.29, 0.717) is 28.0 Å². The zero-order chi connectivity index (χ0) is 27.8. The van der Waals surface area contributed by atoms with Crippen LogP contribution in [0.1, 0.15) is 45.7 Å². The summed E-state index contributed by atoms with van der Waals surface area (Å²) in [4.78, 5) is 12.8. The summed E-state index contributed by atoms with van der Waals surface area (Å²) in [5, 5.41) is 7.04. The first-order chi connectivity index (χ1) is 19.4. The number of halogens is 2. The van der Waals surface area contributed by atoms with Crippen molar-refractivity contribution in [3.05, 3.63) is 116 Å². The minimum Gasteiger partial charge on any atom is -0.497 e.